The van der Waals surface area contributed by atoms with Gasteiger partial charge in [-0.05, 0) is 59.6 Å². The Balaban J connectivity index is 1.73. The van der Waals surface area contributed by atoms with Crippen molar-refractivity contribution in [3.8, 4) is 22.3 Å². The zero-order chi connectivity index (χ0) is 22.1. The second-order valence-corrected chi connectivity index (χ2v) is 8.36. The predicted octanol–water partition coefficient (Wildman–Crippen LogP) is 8.17. The first-order valence-corrected chi connectivity index (χ1v) is 11.1. The first-order chi connectivity index (χ1) is 15.0. The third kappa shape index (κ3) is 3.88. The summed E-state index contributed by atoms with van der Waals surface area (Å²) in [6.07, 6.45) is 5.68. The molecule has 0 nitrogen and oxygen atoms in total. The number of benzene rings is 3. The molecule has 0 saturated carbocycles. The summed E-state index contributed by atoms with van der Waals surface area (Å²) in [5, 5.41) is 0. The molecule has 4 heteroatoms. The third-order valence-electron chi connectivity index (χ3n) is 6.14. The number of hydrogen-bond donors (Lipinski definition) is 0. The van der Waals surface area contributed by atoms with Gasteiger partial charge >= 0.3 is 0 Å². The van der Waals surface area contributed by atoms with Gasteiger partial charge in [0.15, 0.2) is 23.3 Å². The number of fused-ring (bicyclic) bond motifs is 3. The van der Waals surface area contributed by atoms with Crippen LogP contribution in [0.3, 0.4) is 0 Å². The standard InChI is InChI=1S/C27H26F4/c1-3-5-6-8-16-9-11-17(12-10-16)21-15-20-14-19-13-18(7-4-2)24(28)26(30)22(19)23(20)27(31)25(21)29/h9-13,15H,3-8,14H2,1-2H3. The average molecular weight is 426 g/mol. The Bertz CT molecular complexity index is 1110. The van der Waals surface area contributed by atoms with E-state index in [0.717, 1.165) is 31.2 Å². The van der Waals surface area contributed by atoms with Gasteiger partial charge in [-0.25, -0.2) is 17.6 Å². The summed E-state index contributed by atoms with van der Waals surface area (Å²) in [5.41, 5.74) is 2.89. The maximum Gasteiger partial charge on any atom is 0.167 e. The summed E-state index contributed by atoms with van der Waals surface area (Å²) in [6, 6.07) is 10.7. The molecule has 1 aliphatic carbocycles. The summed E-state index contributed by atoms with van der Waals surface area (Å²) in [7, 11) is 0. The first kappa shape index (κ1) is 21.6. The molecule has 31 heavy (non-hydrogen) atoms. The van der Waals surface area contributed by atoms with Crippen LogP contribution in [0.4, 0.5) is 17.6 Å². The van der Waals surface area contributed by atoms with Crippen LogP contribution >= 0.6 is 0 Å². The Labute approximate surface area is 180 Å². The highest BCUT2D eigenvalue weighted by atomic mass is 19.2. The molecular formula is C27H26F4. The number of unbranched alkanes of at least 4 members (excludes halogenated alkanes) is 2. The fourth-order valence-corrected chi connectivity index (χ4v) is 4.53. The second kappa shape index (κ2) is 8.86. The number of rotatable bonds is 7. The molecule has 0 fully saturated rings. The van der Waals surface area contributed by atoms with Crippen LogP contribution in [0.25, 0.3) is 22.3 Å². The molecule has 0 aliphatic heterocycles. The van der Waals surface area contributed by atoms with Crippen molar-refractivity contribution in [1.82, 2.24) is 0 Å². The Kier molecular flexibility index (Phi) is 6.17. The molecule has 4 rings (SSSR count). The van der Waals surface area contributed by atoms with Gasteiger partial charge in [0.05, 0.1) is 0 Å². The van der Waals surface area contributed by atoms with E-state index < -0.39 is 23.3 Å². The predicted molar refractivity (Wildman–Crippen MR) is 117 cm³/mol. The second-order valence-electron chi connectivity index (χ2n) is 8.36. The van der Waals surface area contributed by atoms with Gasteiger partial charge in [-0.1, -0.05) is 63.4 Å². The molecule has 162 valence electrons. The minimum Gasteiger partial charge on any atom is -0.203 e. The first-order valence-electron chi connectivity index (χ1n) is 11.1. The van der Waals surface area contributed by atoms with Crippen LogP contribution in [0.1, 0.15) is 61.8 Å². The van der Waals surface area contributed by atoms with Crippen LogP contribution in [-0.2, 0) is 19.3 Å². The molecule has 3 aromatic carbocycles. The van der Waals surface area contributed by atoms with Crippen molar-refractivity contribution in [2.24, 2.45) is 0 Å². The summed E-state index contributed by atoms with van der Waals surface area (Å²) < 4.78 is 59.4. The molecule has 0 spiro atoms. The normalized spacial score (nSPS) is 12.2. The topological polar surface area (TPSA) is 0 Å². The van der Waals surface area contributed by atoms with Crippen molar-refractivity contribution < 1.29 is 17.6 Å². The van der Waals surface area contributed by atoms with E-state index in [1.54, 1.807) is 24.3 Å². The van der Waals surface area contributed by atoms with E-state index in [1.165, 1.54) is 0 Å². The highest BCUT2D eigenvalue weighted by Crippen LogP contribution is 2.44. The monoisotopic (exact) mass is 426 g/mol. The van der Waals surface area contributed by atoms with Crippen LogP contribution in [0.15, 0.2) is 36.4 Å². The maximum absolute atomic E-state index is 15.1. The van der Waals surface area contributed by atoms with Crippen molar-refractivity contribution in [2.45, 2.75) is 58.8 Å². The van der Waals surface area contributed by atoms with Crippen LogP contribution in [0, 0.1) is 23.3 Å². The molecule has 0 heterocycles. The number of hydrogen-bond acceptors (Lipinski definition) is 0. The molecule has 0 amide bonds. The largest absolute Gasteiger partial charge is 0.203 e. The van der Waals surface area contributed by atoms with E-state index in [9.17, 15) is 8.78 Å². The van der Waals surface area contributed by atoms with Crippen LogP contribution in [-0.4, -0.2) is 0 Å². The van der Waals surface area contributed by atoms with E-state index in [0.29, 0.717) is 29.5 Å². The number of halogens is 4. The molecule has 0 aromatic heterocycles. The van der Waals surface area contributed by atoms with Gasteiger partial charge in [0.1, 0.15) is 0 Å². The fourth-order valence-electron chi connectivity index (χ4n) is 4.53. The van der Waals surface area contributed by atoms with Crippen molar-refractivity contribution in [3.05, 3.63) is 81.9 Å². The smallest absolute Gasteiger partial charge is 0.167 e. The molecule has 3 aromatic rings. The molecule has 0 bridgehead atoms. The van der Waals surface area contributed by atoms with Gasteiger partial charge in [-0.15, -0.1) is 0 Å². The Morgan fingerprint density at radius 2 is 1.32 bits per heavy atom. The summed E-state index contributed by atoms with van der Waals surface area (Å²) >= 11 is 0. The lowest BCUT2D eigenvalue weighted by atomic mass is 9.95. The highest BCUT2D eigenvalue weighted by Gasteiger charge is 2.31. The SMILES string of the molecule is CCCCCc1ccc(-c2cc3c(c(F)c2F)-c2c(cc(CCC)c(F)c2F)C3)cc1. The zero-order valence-corrected chi connectivity index (χ0v) is 17.9. The van der Waals surface area contributed by atoms with E-state index in [1.807, 2.05) is 19.1 Å². The third-order valence-corrected chi connectivity index (χ3v) is 6.14. The lowest BCUT2D eigenvalue weighted by molar-refractivity contribution is 0.495. The van der Waals surface area contributed by atoms with Crippen LogP contribution in [0.2, 0.25) is 0 Å². The van der Waals surface area contributed by atoms with Gasteiger partial charge in [-0.2, -0.15) is 0 Å². The van der Waals surface area contributed by atoms with Gasteiger partial charge < -0.3 is 0 Å². The minimum absolute atomic E-state index is 0.137. The van der Waals surface area contributed by atoms with Crippen LogP contribution in [0.5, 0.6) is 0 Å². The molecule has 0 atom stereocenters. The van der Waals surface area contributed by atoms with Crippen LogP contribution < -0.4 is 0 Å². The van der Waals surface area contributed by atoms with E-state index in [4.69, 9.17) is 0 Å². The fraction of sp³-hybridized carbons (Fsp3) is 0.333. The molecular weight excluding hydrogens is 400 g/mol. The van der Waals surface area contributed by atoms with E-state index in [2.05, 4.69) is 6.92 Å². The van der Waals surface area contributed by atoms with Crippen molar-refractivity contribution in [2.75, 3.05) is 0 Å². The van der Waals surface area contributed by atoms with Crippen molar-refractivity contribution in [1.29, 1.82) is 0 Å². The number of aryl methyl sites for hydroxylation is 2. The Morgan fingerprint density at radius 1 is 0.677 bits per heavy atom. The quantitative estimate of drug-likeness (QED) is 0.206. The Morgan fingerprint density at radius 3 is 1.97 bits per heavy atom. The Hall–Kier alpha value is -2.62. The molecule has 0 radical (unpaired) electrons. The van der Waals surface area contributed by atoms with Gasteiger partial charge in [-0.3, -0.25) is 0 Å². The summed E-state index contributed by atoms with van der Waals surface area (Å²) in [4.78, 5) is 0. The molecule has 0 unspecified atom stereocenters. The minimum atomic E-state index is -1.11. The van der Waals surface area contributed by atoms with Gasteiger partial charge in [0, 0.05) is 16.7 Å². The average Bonchev–Trinajstić information content (AvgIpc) is 3.14. The van der Waals surface area contributed by atoms with Gasteiger partial charge in [0.2, 0.25) is 0 Å². The molecule has 1 aliphatic rings. The molecule has 0 saturated heterocycles. The summed E-state index contributed by atoms with van der Waals surface area (Å²) in [5.74, 6) is -4.18. The van der Waals surface area contributed by atoms with E-state index in [-0.39, 0.29) is 28.7 Å². The molecule has 0 N–H and O–H groups in total. The van der Waals surface area contributed by atoms with Gasteiger partial charge in [0.25, 0.3) is 0 Å². The lowest BCUT2D eigenvalue weighted by Crippen LogP contribution is -2.00. The summed E-state index contributed by atoms with van der Waals surface area (Å²) in [6.45, 7) is 4.03. The highest BCUT2D eigenvalue weighted by molar-refractivity contribution is 5.82. The van der Waals surface area contributed by atoms with Crippen molar-refractivity contribution in [3.63, 3.8) is 0 Å². The maximum atomic E-state index is 15.1. The zero-order valence-electron chi connectivity index (χ0n) is 17.9. The van der Waals surface area contributed by atoms with Crippen molar-refractivity contribution >= 4 is 0 Å². The van der Waals surface area contributed by atoms with E-state index >= 15 is 8.78 Å². The lowest BCUT2D eigenvalue weighted by Gasteiger charge is -2.12.